The van der Waals surface area contributed by atoms with E-state index in [1.165, 1.54) is 28.7 Å². The average molecular weight is 461 g/mol. The average Bonchev–Trinajstić information content (AvgIpc) is 3.25. The van der Waals surface area contributed by atoms with E-state index in [4.69, 9.17) is 9.47 Å². The van der Waals surface area contributed by atoms with Gasteiger partial charge in [-0.3, -0.25) is 4.79 Å². The van der Waals surface area contributed by atoms with Crippen LogP contribution in [0.15, 0.2) is 62.3 Å². The number of carbonyl (C=O) groups excluding carboxylic acids is 1. The van der Waals surface area contributed by atoms with E-state index in [1.807, 2.05) is 24.3 Å². The summed E-state index contributed by atoms with van der Waals surface area (Å²) in [6, 6.07) is 15.6. The second-order valence-corrected chi connectivity index (χ2v) is 9.23. The fourth-order valence-electron chi connectivity index (χ4n) is 2.30. The second-order valence-electron chi connectivity index (χ2n) is 5.80. The molecular weight excluding hydrogens is 440 g/mol. The van der Waals surface area contributed by atoms with Crippen molar-refractivity contribution < 1.29 is 14.3 Å². The van der Waals surface area contributed by atoms with Crippen molar-refractivity contribution in [3.05, 3.63) is 59.7 Å². The van der Waals surface area contributed by atoms with Crippen molar-refractivity contribution in [1.82, 2.24) is 15.6 Å². The van der Waals surface area contributed by atoms with Gasteiger partial charge in [0.1, 0.15) is 0 Å². The highest BCUT2D eigenvalue weighted by Crippen LogP contribution is 2.30. The molecule has 0 fully saturated rings. The summed E-state index contributed by atoms with van der Waals surface area (Å²) in [6.07, 6.45) is 1.55. The van der Waals surface area contributed by atoms with Crippen molar-refractivity contribution in [3.63, 3.8) is 0 Å². The van der Waals surface area contributed by atoms with Crippen molar-refractivity contribution in [2.24, 2.45) is 5.10 Å². The Balaban J connectivity index is 1.42. The molecule has 0 saturated heterocycles. The minimum atomic E-state index is -0.217. The van der Waals surface area contributed by atoms with Gasteiger partial charge < -0.3 is 9.47 Å². The van der Waals surface area contributed by atoms with Gasteiger partial charge in [0.2, 0.25) is 0 Å². The summed E-state index contributed by atoms with van der Waals surface area (Å²) in [5, 5.41) is 12.3. The molecular formula is C20H20N4O3S3. The van der Waals surface area contributed by atoms with Crippen LogP contribution in [0.4, 0.5) is 0 Å². The summed E-state index contributed by atoms with van der Waals surface area (Å²) in [5.41, 5.74) is 4.53. The highest BCUT2D eigenvalue weighted by atomic mass is 32.2. The predicted molar refractivity (Wildman–Crippen MR) is 122 cm³/mol. The van der Waals surface area contributed by atoms with Crippen LogP contribution in [0, 0.1) is 0 Å². The van der Waals surface area contributed by atoms with E-state index < -0.39 is 0 Å². The summed E-state index contributed by atoms with van der Waals surface area (Å²) < 4.78 is 12.1. The number of carbonyl (C=O) groups is 1. The molecule has 0 atom stereocenters. The van der Waals surface area contributed by atoms with Gasteiger partial charge in [-0.2, -0.15) is 5.10 Å². The van der Waals surface area contributed by atoms with Crippen molar-refractivity contribution in [2.45, 2.75) is 14.4 Å². The molecule has 1 N–H and O–H groups in total. The lowest BCUT2D eigenvalue weighted by Gasteiger charge is -2.07. The predicted octanol–water partition coefficient (Wildman–Crippen LogP) is 4.09. The fourth-order valence-corrected chi connectivity index (χ4v) is 5.07. The Morgan fingerprint density at radius 1 is 1.07 bits per heavy atom. The molecule has 0 radical (unpaired) electrons. The second kappa shape index (κ2) is 11.6. The third-order valence-corrected chi connectivity index (χ3v) is 6.99. The number of hydrogen-bond donors (Lipinski definition) is 1. The third-order valence-electron chi connectivity index (χ3n) is 3.73. The van der Waals surface area contributed by atoms with E-state index in [1.54, 1.807) is 44.3 Å². The van der Waals surface area contributed by atoms with Crippen LogP contribution in [0.5, 0.6) is 11.5 Å². The lowest BCUT2D eigenvalue weighted by atomic mass is 10.2. The van der Waals surface area contributed by atoms with Crippen LogP contribution >= 0.6 is 34.9 Å². The van der Waals surface area contributed by atoms with Gasteiger partial charge in [-0.15, -0.1) is 10.2 Å². The molecule has 0 aliphatic rings. The van der Waals surface area contributed by atoms with Crippen LogP contribution in [0.2, 0.25) is 0 Å². The first kappa shape index (κ1) is 22.1. The maximum atomic E-state index is 12.0. The number of hydrogen-bond acceptors (Lipinski definition) is 9. The minimum absolute atomic E-state index is 0.210. The van der Waals surface area contributed by atoms with E-state index in [0.717, 1.165) is 20.0 Å². The molecule has 10 heteroatoms. The van der Waals surface area contributed by atoms with E-state index in [2.05, 4.69) is 32.9 Å². The van der Waals surface area contributed by atoms with E-state index in [0.29, 0.717) is 11.5 Å². The molecule has 7 nitrogen and oxygen atoms in total. The maximum absolute atomic E-state index is 12.0. The molecule has 0 saturated carbocycles. The zero-order valence-electron chi connectivity index (χ0n) is 16.4. The largest absolute Gasteiger partial charge is 0.493 e. The quantitative estimate of drug-likeness (QED) is 0.277. The Morgan fingerprint density at radius 3 is 2.53 bits per heavy atom. The normalized spacial score (nSPS) is 10.9. The van der Waals surface area contributed by atoms with Crippen molar-refractivity contribution in [3.8, 4) is 11.5 Å². The van der Waals surface area contributed by atoms with Crippen LogP contribution in [0.1, 0.15) is 11.1 Å². The van der Waals surface area contributed by atoms with Gasteiger partial charge in [0.25, 0.3) is 5.91 Å². The summed E-state index contributed by atoms with van der Waals surface area (Å²) in [7, 11) is 3.14. The molecule has 0 spiro atoms. The van der Waals surface area contributed by atoms with Gasteiger partial charge in [-0.25, -0.2) is 5.43 Å². The number of hydrazone groups is 1. The molecule has 156 valence electrons. The summed E-state index contributed by atoms with van der Waals surface area (Å²) in [6.45, 7) is 0. The zero-order chi connectivity index (χ0) is 21.2. The zero-order valence-corrected chi connectivity index (χ0v) is 18.9. The van der Waals surface area contributed by atoms with Crippen molar-refractivity contribution in [1.29, 1.82) is 0 Å². The number of nitrogens with one attached hydrogen (secondary N) is 1. The topological polar surface area (TPSA) is 85.7 Å². The molecule has 1 heterocycles. The van der Waals surface area contributed by atoms with E-state index >= 15 is 0 Å². The van der Waals surface area contributed by atoms with Crippen LogP contribution in [0.25, 0.3) is 0 Å². The molecule has 0 bridgehead atoms. The number of aromatic nitrogens is 2. The van der Waals surface area contributed by atoms with Gasteiger partial charge in [-0.05, 0) is 29.3 Å². The number of nitrogens with zero attached hydrogens (tertiary/aromatic N) is 3. The number of methoxy groups -OCH3 is 2. The van der Waals surface area contributed by atoms with Gasteiger partial charge >= 0.3 is 0 Å². The molecule has 0 unspecified atom stereocenters. The Bertz CT molecular complexity index is 996. The number of benzene rings is 2. The molecule has 1 aromatic heterocycles. The summed E-state index contributed by atoms with van der Waals surface area (Å²) in [4.78, 5) is 12.0. The molecule has 2 aromatic carbocycles. The first-order valence-corrected chi connectivity index (χ1v) is 11.6. The molecule has 30 heavy (non-hydrogen) atoms. The Hall–Kier alpha value is -2.56. The van der Waals surface area contributed by atoms with Gasteiger partial charge in [0.15, 0.2) is 20.2 Å². The third kappa shape index (κ3) is 6.75. The smallest absolute Gasteiger partial charge is 0.250 e. The highest BCUT2D eigenvalue weighted by Gasteiger charge is 2.09. The number of ether oxygens (including phenoxy) is 2. The first-order valence-electron chi connectivity index (χ1n) is 8.85. The molecule has 3 rings (SSSR count). The monoisotopic (exact) mass is 460 g/mol. The van der Waals surface area contributed by atoms with Crippen LogP contribution in [0.3, 0.4) is 0 Å². The fraction of sp³-hybridized carbons (Fsp3) is 0.200. The Kier molecular flexibility index (Phi) is 8.54. The van der Waals surface area contributed by atoms with Crippen molar-refractivity contribution in [2.75, 3.05) is 20.0 Å². The molecule has 3 aromatic rings. The summed E-state index contributed by atoms with van der Waals surface area (Å²) >= 11 is 4.45. The standard InChI is InChI=1S/C20H20N4O3S3/c1-26-16-9-8-15(10-17(16)27-2)11-21-22-18(25)13-29-20-24-23-19(30-20)28-12-14-6-4-3-5-7-14/h3-11H,12-13H2,1-2H3,(H,22,25). The van der Waals surface area contributed by atoms with Crippen LogP contribution in [-0.4, -0.2) is 42.3 Å². The Labute approximate surface area is 187 Å². The van der Waals surface area contributed by atoms with Crippen LogP contribution in [-0.2, 0) is 10.5 Å². The van der Waals surface area contributed by atoms with Gasteiger partial charge in [-0.1, -0.05) is 65.2 Å². The molecule has 1 amide bonds. The number of rotatable bonds is 10. The van der Waals surface area contributed by atoms with Gasteiger partial charge in [0, 0.05) is 5.75 Å². The van der Waals surface area contributed by atoms with Crippen molar-refractivity contribution >= 4 is 47.0 Å². The number of thioether (sulfide) groups is 2. The molecule has 0 aliphatic carbocycles. The van der Waals surface area contributed by atoms with Gasteiger partial charge in [0.05, 0.1) is 26.2 Å². The van der Waals surface area contributed by atoms with E-state index in [-0.39, 0.29) is 11.7 Å². The lowest BCUT2D eigenvalue weighted by Crippen LogP contribution is -2.19. The number of amides is 1. The van der Waals surface area contributed by atoms with E-state index in [9.17, 15) is 4.79 Å². The molecule has 0 aliphatic heterocycles. The first-order chi connectivity index (χ1) is 14.7. The lowest BCUT2D eigenvalue weighted by molar-refractivity contribution is -0.118. The summed E-state index contributed by atoms with van der Waals surface area (Å²) in [5.74, 6) is 2.06. The highest BCUT2D eigenvalue weighted by molar-refractivity contribution is 8.03. The minimum Gasteiger partial charge on any atom is -0.493 e. The maximum Gasteiger partial charge on any atom is 0.250 e. The SMILES string of the molecule is COc1ccc(C=NNC(=O)CSc2nnc(SCc3ccccc3)s2)cc1OC. The van der Waals surface area contributed by atoms with Crippen LogP contribution < -0.4 is 14.9 Å². The Morgan fingerprint density at radius 2 is 1.80 bits per heavy atom.